The van der Waals surface area contributed by atoms with Crippen molar-refractivity contribution in [1.82, 2.24) is 0 Å². The van der Waals surface area contributed by atoms with Crippen LogP contribution in [0.2, 0.25) is 0 Å². The Morgan fingerprint density at radius 1 is 1.19 bits per heavy atom. The highest BCUT2D eigenvalue weighted by Crippen LogP contribution is 2.30. The quantitative estimate of drug-likeness (QED) is 0.814. The highest BCUT2D eigenvalue weighted by atomic mass is 32.2. The summed E-state index contributed by atoms with van der Waals surface area (Å²) in [6.07, 6.45) is 2.66. The van der Waals surface area contributed by atoms with Crippen molar-refractivity contribution in [3.63, 3.8) is 0 Å². The van der Waals surface area contributed by atoms with Gasteiger partial charge < -0.3 is 10.5 Å². The number of hydrogen-bond acceptors (Lipinski definition) is 3. The standard InChI is InChI=1S/C17H18FNOS/c18-15-6-1-2-7-17(15)21-11-16(19)12-4-3-5-14(10-12)20-13-8-9-13/h1-7,10,13,16H,8-9,11,19H2. The van der Waals surface area contributed by atoms with Gasteiger partial charge in [-0.3, -0.25) is 0 Å². The van der Waals surface area contributed by atoms with Crippen molar-refractivity contribution < 1.29 is 9.13 Å². The Hall–Kier alpha value is -1.52. The Bertz CT molecular complexity index is 615. The number of hydrogen-bond donors (Lipinski definition) is 1. The molecule has 4 heteroatoms. The van der Waals surface area contributed by atoms with E-state index in [0.29, 0.717) is 16.8 Å². The van der Waals surface area contributed by atoms with E-state index in [1.54, 1.807) is 12.1 Å². The molecule has 1 aliphatic rings. The average molecular weight is 303 g/mol. The molecule has 1 saturated carbocycles. The molecule has 0 saturated heterocycles. The summed E-state index contributed by atoms with van der Waals surface area (Å²) >= 11 is 1.44. The van der Waals surface area contributed by atoms with E-state index in [4.69, 9.17) is 10.5 Å². The van der Waals surface area contributed by atoms with Gasteiger partial charge in [-0.15, -0.1) is 11.8 Å². The third-order valence-corrected chi connectivity index (χ3v) is 4.54. The zero-order valence-electron chi connectivity index (χ0n) is 11.7. The minimum absolute atomic E-state index is 0.141. The Morgan fingerprint density at radius 2 is 2.00 bits per heavy atom. The van der Waals surface area contributed by atoms with E-state index in [2.05, 4.69) is 0 Å². The predicted octanol–water partition coefficient (Wildman–Crippen LogP) is 4.16. The van der Waals surface area contributed by atoms with Crippen molar-refractivity contribution >= 4 is 11.8 Å². The molecule has 0 aliphatic heterocycles. The van der Waals surface area contributed by atoms with E-state index in [1.807, 2.05) is 30.3 Å². The smallest absolute Gasteiger partial charge is 0.136 e. The van der Waals surface area contributed by atoms with Crippen LogP contribution in [-0.4, -0.2) is 11.9 Å². The van der Waals surface area contributed by atoms with E-state index < -0.39 is 0 Å². The molecule has 2 nitrogen and oxygen atoms in total. The maximum atomic E-state index is 13.6. The molecule has 0 amide bonds. The second kappa shape index (κ2) is 6.50. The molecule has 1 unspecified atom stereocenters. The monoisotopic (exact) mass is 303 g/mol. The van der Waals surface area contributed by atoms with Gasteiger partial charge in [0.15, 0.2) is 0 Å². The summed E-state index contributed by atoms with van der Waals surface area (Å²) in [5.41, 5.74) is 7.23. The zero-order chi connectivity index (χ0) is 14.7. The molecule has 3 rings (SSSR count). The van der Waals surface area contributed by atoms with Crippen LogP contribution in [0.25, 0.3) is 0 Å². The predicted molar refractivity (Wildman–Crippen MR) is 84.1 cm³/mol. The molecule has 0 bridgehead atoms. The largest absolute Gasteiger partial charge is 0.490 e. The van der Waals surface area contributed by atoms with Gasteiger partial charge in [-0.1, -0.05) is 24.3 Å². The first-order valence-electron chi connectivity index (χ1n) is 7.12. The second-order valence-corrected chi connectivity index (χ2v) is 6.30. The van der Waals surface area contributed by atoms with Gasteiger partial charge in [-0.2, -0.15) is 0 Å². The van der Waals surface area contributed by atoms with Crippen molar-refractivity contribution in [3.05, 3.63) is 59.9 Å². The fraction of sp³-hybridized carbons (Fsp3) is 0.294. The van der Waals surface area contributed by atoms with Gasteiger partial charge in [-0.25, -0.2) is 4.39 Å². The number of thioether (sulfide) groups is 1. The van der Waals surface area contributed by atoms with Gasteiger partial charge in [-0.05, 0) is 42.7 Å². The average Bonchev–Trinajstić information content (AvgIpc) is 3.30. The SMILES string of the molecule is NC(CSc1ccccc1F)c1cccc(OC2CC2)c1. The van der Waals surface area contributed by atoms with Crippen molar-refractivity contribution in [2.24, 2.45) is 5.73 Å². The van der Waals surface area contributed by atoms with Crippen LogP contribution in [0.5, 0.6) is 5.75 Å². The van der Waals surface area contributed by atoms with E-state index in [-0.39, 0.29) is 11.9 Å². The van der Waals surface area contributed by atoms with E-state index in [1.165, 1.54) is 17.8 Å². The molecule has 1 aliphatic carbocycles. The lowest BCUT2D eigenvalue weighted by Gasteiger charge is -2.13. The maximum Gasteiger partial charge on any atom is 0.136 e. The lowest BCUT2D eigenvalue weighted by molar-refractivity contribution is 0.303. The Balaban J connectivity index is 1.62. The number of rotatable bonds is 6. The highest BCUT2D eigenvalue weighted by molar-refractivity contribution is 7.99. The van der Waals surface area contributed by atoms with Crippen LogP contribution in [-0.2, 0) is 0 Å². The molecule has 21 heavy (non-hydrogen) atoms. The van der Waals surface area contributed by atoms with Crippen LogP contribution in [0.3, 0.4) is 0 Å². The normalized spacial score (nSPS) is 15.7. The van der Waals surface area contributed by atoms with Gasteiger partial charge in [0, 0.05) is 16.7 Å². The molecule has 2 N–H and O–H groups in total. The number of ether oxygens (including phenoxy) is 1. The minimum Gasteiger partial charge on any atom is -0.490 e. The molecule has 110 valence electrons. The van der Waals surface area contributed by atoms with Gasteiger partial charge in [0.2, 0.25) is 0 Å². The molecule has 1 atom stereocenters. The first-order valence-corrected chi connectivity index (χ1v) is 8.10. The molecule has 0 spiro atoms. The molecule has 1 fully saturated rings. The van der Waals surface area contributed by atoms with E-state index in [9.17, 15) is 4.39 Å². The minimum atomic E-state index is -0.194. The number of halogens is 1. The zero-order valence-corrected chi connectivity index (χ0v) is 12.5. The fourth-order valence-corrected chi connectivity index (χ4v) is 2.97. The van der Waals surface area contributed by atoms with Gasteiger partial charge in [0.05, 0.1) is 6.10 Å². The molecule has 0 radical (unpaired) electrons. The summed E-state index contributed by atoms with van der Waals surface area (Å²) in [4.78, 5) is 0.637. The Morgan fingerprint density at radius 3 is 2.76 bits per heavy atom. The summed E-state index contributed by atoms with van der Waals surface area (Å²) in [5.74, 6) is 1.32. The lowest BCUT2D eigenvalue weighted by Crippen LogP contribution is -2.13. The first kappa shape index (κ1) is 14.4. The molecule has 0 aromatic heterocycles. The topological polar surface area (TPSA) is 35.2 Å². The molecule has 0 heterocycles. The van der Waals surface area contributed by atoms with Crippen molar-refractivity contribution in [3.8, 4) is 5.75 Å². The third kappa shape index (κ3) is 3.99. The van der Waals surface area contributed by atoms with Gasteiger partial charge in [0.1, 0.15) is 11.6 Å². The summed E-state index contributed by atoms with van der Waals surface area (Å²) in [5, 5.41) is 0. The van der Waals surface area contributed by atoms with E-state index >= 15 is 0 Å². The highest BCUT2D eigenvalue weighted by Gasteiger charge is 2.23. The van der Waals surface area contributed by atoms with Crippen LogP contribution in [0.1, 0.15) is 24.4 Å². The number of benzene rings is 2. The fourth-order valence-electron chi connectivity index (χ4n) is 2.03. The molecular formula is C17H18FNOS. The Labute approximate surface area is 128 Å². The van der Waals surface area contributed by atoms with Gasteiger partial charge >= 0.3 is 0 Å². The van der Waals surface area contributed by atoms with Crippen LogP contribution < -0.4 is 10.5 Å². The maximum absolute atomic E-state index is 13.6. The molecule has 2 aromatic carbocycles. The molecular weight excluding hydrogens is 285 g/mol. The molecule has 2 aromatic rings. The number of nitrogens with two attached hydrogens (primary N) is 1. The summed E-state index contributed by atoms with van der Waals surface area (Å²) < 4.78 is 19.4. The summed E-state index contributed by atoms with van der Waals surface area (Å²) in [6.45, 7) is 0. The van der Waals surface area contributed by atoms with Crippen LogP contribution >= 0.6 is 11.8 Å². The third-order valence-electron chi connectivity index (χ3n) is 3.37. The summed E-state index contributed by atoms with van der Waals surface area (Å²) in [6, 6.07) is 14.5. The van der Waals surface area contributed by atoms with Crippen molar-refractivity contribution in [1.29, 1.82) is 0 Å². The van der Waals surface area contributed by atoms with Gasteiger partial charge in [0.25, 0.3) is 0 Å². The van der Waals surface area contributed by atoms with Crippen LogP contribution in [0.4, 0.5) is 4.39 Å². The Kier molecular flexibility index (Phi) is 4.46. The van der Waals surface area contributed by atoms with Crippen LogP contribution in [0, 0.1) is 5.82 Å². The summed E-state index contributed by atoms with van der Waals surface area (Å²) in [7, 11) is 0. The first-order chi connectivity index (χ1) is 10.2. The van der Waals surface area contributed by atoms with Crippen molar-refractivity contribution in [2.75, 3.05) is 5.75 Å². The van der Waals surface area contributed by atoms with E-state index in [0.717, 1.165) is 24.2 Å². The lowest BCUT2D eigenvalue weighted by atomic mass is 10.1. The van der Waals surface area contributed by atoms with Crippen molar-refractivity contribution in [2.45, 2.75) is 29.9 Å². The van der Waals surface area contributed by atoms with Crippen LogP contribution in [0.15, 0.2) is 53.4 Å². The second-order valence-electron chi connectivity index (χ2n) is 5.24.